The molecule has 0 saturated carbocycles. The van der Waals surface area contributed by atoms with Gasteiger partial charge in [-0.2, -0.15) is 0 Å². The van der Waals surface area contributed by atoms with Crippen molar-refractivity contribution in [2.75, 3.05) is 6.16 Å². The largest absolute Gasteiger partial charge is 0.375 e. The van der Waals surface area contributed by atoms with Gasteiger partial charge in [-0.3, -0.25) is 9.32 Å². The van der Waals surface area contributed by atoms with Crippen molar-refractivity contribution in [3.63, 3.8) is 0 Å². The number of carbonyl (C=O) groups is 2. The lowest BCUT2D eigenvalue weighted by Crippen LogP contribution is -2.36. The first-order valence-corrected chi connectivity index (χ1v) is 7.93. The van der Waals surface area contributed by atoms with Gasteiger partial charge in [-0.1, -0.05) is 27.7 Å². The molecule has 0 aromatic rings. The van der Waals surface area contributed by atoms with Crippen molar-refractivity contribution in [2.45, 2.75) is 39.8 Å². The number of carbonyl (C=O) groups excluding carboxylic acids is 2. The molecule has 2 fully saturated rings. The molecule has 5 nitrogen and oxygen atoms in total. The molecule has 1 spiro atoms. The van der Waals surface area contributed by atoms with Gasteiger partial charge in [-0.05, 0) is 11.8 Å². The molecule has 17 heavy (non-hydrogen) atoms. The van der Waals surface area contributed by atoms with Crippen molar-refractivity contribution in [2.24, 2.45) is 11.8 Å². The first-order valence-electron chi connectivity index (χ1n) is 6.04. The van der Waals surface area contributed by atoms with Crippen LogP contribution in [-0.2, 0) is 14.1 Å². The molecule has 2 saturated heterocycles. The predicted octanol–water partition coefficient (Wildman–Crippen LogP) is 1.12. The molecule has 1 unspecified atom stereocenters. The van der Waals surface area contributed by atoms with Gasteiger partial charge < -0.3 is 0 Å². The summed E-state index contributed by atoms with van der Waals surface area (Å²) in [7, 11) is -2.23. The summed E-state index contributed by atoms with van der Waals surface area (Å²) in [6.45, 7) is 7.93. The molecule has 2 aliphatic rings. The maximum atomic E-state index is 11.9. The second-order valence-corrected chi connectivity index (χ2v) is 7.97. The molecular formula is C11H20N2O3P+. The van der Waals surface area contributed by atoms with Crippen molar-refractivity contribution in [1.82, 2.24) is 10.2 Å². The summed E-state index contributed by atoms with van der Waals surface area (Å²) in [6, 6.07) is -0.468. The molecule has 3 atom stereocenters. The monoisotopic (exact) mass is 259 g/mol. The van der Waals surface area contributed by atoms with E-state index in [0.717, 1.165) is 0 Å². The third-order valence-corrected chi connectivity index (χ3v) is 5.89. The van der Waals surface area contributed by atoms with E-state index in [1.165, 1.54) is 0 Å². The predicted molar refractivity (Wildman–Crippen MR) is 66.4 cm³/mol. The Morgan fingerprint density at radius 2 is 1.65 bits per heavy atom. The Balaban J connectivity index is 2.14. The average Bonchev–Trinajstić information content (AvgIpc) is 2.68. The average molecular weight is 259 g/mol. The summed E-state index contributed by atoms with van der Waals surface area (Å²) in [4.78, 5) is 23.6. The number of hydrogen-bond donors (Lipinski definition) is 2. The van der Waals surface area contributed by atoms with E-state index in [-0.39, 0.29) is 35.7 Å². The molecule has 2 rings (SSSR count). The van der Waals surface area contributed by atoms with E-state index in [1.54, 1.807) is 0 Å². The Morgan fingerprint density at radius 1 is 1.12 bits per heavy atom. The van der Waals surface area contributed by atoms with Gasteiger partial charge in [0.25, 0.3) is 0 Å². The molecule has 6 heteroatoms. The summed E-state index contributed by atoms with van der Waals surface area (Å²) in [5, 5.41) is 6.48. The van der Waals surface area contributed by atoms with E-state index < -0.39 is 7.79 Å². The van der Waals surface area contributed by atoms with Crippen LogP contribution in [-0.4, -0.2) is 30.0 Å². The van der Waals surface area contributed by atoms with Crippen LogP contribution in [0, 0.1) is 11.8 Å². The van der Waals surface area contributed by atoms with Crippen LogP contribution >= 0.6 is 7.79 Å². The zero-order valence-corrected chi connectivity index (χ0v) is 11.6. The Bertz CT molecular complexity index is 323. The third kappa shape index (κ3) is 2.24. The van der Waals surface area contributed by atoms with Crippen LogP contribution in [0.2, 0.25) is 0 Å². The van der Waals surface area contributed by atoms with E-state index >= 15 is 0 Å². The van der Waals surface area contributed by atoms with Crippen molar-refractivity contribution >= 4 is 19.5 Å². The molecule has 0 aliphatic carbocycles. The van der Waals surface area contributed by atoms with E-state index in [4.69, 9.17) is 4.52 Å². The highest BCUT2D eigenvalue weighted by Crippen LogP contribution is 2.60. The quantitative estimate of drug-likeness (QED) is 0.727. The van der Waals surface area contributed by atoms with Gasteiger partial charge in [0.15, 0.2) is 18.0 Å². The minimum absolute atomic E-state index is 0.151. The number of rotatable bonds is 2. The minimum atomic E-state index is -2.23. The number of nitrogens with one attached hydrogen (secondary N) is 2. The normalized spacial score (nSPS) is 37.5. The lowest BCUT2D eigenvalue weighted by atomic mass is 10.0. The first kappa shape index (κ1) is 12.9. The Labute approximate surface area is 102 Å². The topological polar surface area (TPSA) is 67.4 Å². The van der Waals surface area contributed by atoms with Crippen LogP contribution in [0.15, 0.2) is 0 Å². The SMILES string of the molecule is CC(C)[C@H]1N[P+]2(CC1=O)N[C@H](C(C)C)C(=O)O2. The minimum Gasteiger partial charge on any atom is -0.293 e. The maximum absolute atomic E-state index is 11.9. The van der Waals surface area contributed by atoms with Gasteiger partial charge in [-0.25, -0.2) is 4.79 Å². The standard InChI is InChI=1S/C11H20N2O3P/c1-6(2)9-8(14)5-17(12-9)13-10(7(3)4)11(15)16-17/h6-7,9-10,12-13H,5H2,1-4H3/q+1/t9-,10-,17?/m1/s1. The number of ketones is 1. The van der Waals surface area contributed by atoms with Crippen molar-refractivity contribution in [1.29, 1.82) is 0 Å². The van der Waals surface area contributed by atoms with Crippen LogP contribution in [0.1, 0.15) is 27.7 Å². The fourth-order valence-corrected chi connectivity index (χ4v) is 5.49. The van der Waals surface area contributed by atoms with E-state index in [1.807, 2.05) is 27.7 Å². The highest BCUT2D eigenvalue weighted by atomic mass is 31.2. The molecule has 0 radical (unpaired) electrons. The molecule has 0 bridgehead atoms. The van der Waals surface area contributed by atoms with Crippen LogP contribution in [0.4, 0.5) is 0 Å². The number of hydrogen-bond acceptors (Lipinski definition) is 5. The van der Waals surface area contributed by atoms with Crippen LogP contribution in [0.3, 0.4) is 0 Å². The van der Waals surface area contributed by atoms with E-state index in [9.17, 15) is 9.59 Å². The summed E-state index contributed by atoms with van der Waals surface area (Å²) in [5.41, 5.74) is 0. The molecule has 2 aliphatic heterocycles. The van der Waals surface area contributed by atoms with Crippen LogP contribution < -0.4 is 10.2 Å². The van der Waals surface area contributed by atoms with Gasteiger partial charge in [0, 0.05) is 0 Å². The van der Waals surface area contributed by atoms with Gasteiger partial charge in [0.1, 0.15) is 6.04 Å². The molecular weight excluding hydrogens is 239 g/mol. The van der Waals surface area contributed by atoms with Crippen molar-refractivity contribution in [3.05, 3.63) is 0 Å². The second kappa shape index (κ2) is 4.30. The Morgan fingerprint density at radius 3 is 2.06 bits per heavy atom. The van der Waals surface area contributed by atoms with Crippen molar-refractivity contribution in [3.8, 4) is 0 Å². The van der Waals surface area contributed by atoms with Crippen LogP contribution in [0.5, 0.6) is 0 Å². The Hall–Kier alpha value is -0.510. The lowest BCUT2D eigenvalue weighted by Gasteiger charge is -2.15. The number of Topliss-reactive ketones (excluding diaryl/α,β-unsaturated/α-hetero) is 1. The fraction of sp³-hybridized carbons (Fsp3) is 0.818. The molecule has 0 amide bonds. The highest BCUT2D eigenvalue weighted by Gasteiger charge is 2.63. The van der Waals surface area contributed by atoms with Gasteiger partial charge in [0.05, 0.1) is 0 Å². The lowest BCUT2D eigenvalue weighted by molar-refractivity contribution is -0.134. The zero-order valence-electron chi connectivity index (χ0n) is 10.7. The van der Waals surface area contributed by atoms with Crippen LogP contribution in [0.25, 0.3) is 0 Å². The van der Waals surface area contributed by atoms with Gasteiger partial charge in [0.2, 0.25) is 0 Å². The first-order chi connectivity index (χ1) is 7.84. The van der Waals surface area contributed by atoms with Gasteiger partial charge in [-0.15, -0.1) is 10.2 Å². The maximum Gasteiger partial charge on any atom is 0.375 e. The molecule has 2 N–H and O–H groups in total. The van der Waals surface area contributed by atoms with Gasteiger partial charge >= 0.3 is 13.8 Å². The zero-order chi connectivity index (χ0) is 12.8. The van der Waals surface area contributed by atoms with E-state index in [0.29, 0.717) is 6.16 Å². The molecule has 0 aromatic heterocycles. The summed E-state index contributed by atoms with van der Waals surface area (Å²) < 4.78 is 5.46. The van der Waals surface area contributed by atoms with E-state index in [2.05, 4.69) is 10.2 Å². The Kier molecular flexibility index (Phi) is 3.27. The summed E-state index contributed by atoms with van der Waals surface area (Å²) in [6.07, 6.45) is 0.324. The molecule has 2 heterocycles. The third-order valence-electron chi connectivity index (χ3n) is 3.25. The fourth-order valence-electron chi connectivity index (χ4n) is 2.26. The molecule has 0 aromatic carbocycles. The summed E-state index contributed by atoms with van der Waals surface area (Å²) in [5.74, 6) is 0.327. The smallest absolute Gasteiger partial charge is 0.293 e. The second-order valence-electron chi connectivity index (χ2n) is 5.48. The summed E-state index contributed by atoms with van der Waals surface area (Å²) >= 11 is 0. The van der Waals surface area contributed by atoms with Crippen molar-refractivity contribution < 1.29 is 14.1 Å². The highest BCUT2D eigenvalue weighted by molar-refractivity contribution is 7.69. The molecule has 96 valence electrons.